The van der Waals surface area contributed by atoms with Crippen LogP contribution < -0.4 is 4.74 Å². The van der Waals surface area contributed by atoms with Gasteiger partial charge in [-0.15, -0.1) is 0 Å². The third-order valence-corrected chi connectivity index (χ3v) is 2.41. The van der Waals surface area contributed by atoms with Crippen LogP contribution in [0, 0.1) is 12.8 Å². The summed E-state index contributed by atoms with van der Waals surface area (Å²) in [6, 6.07) is 8.19. The number of benzene rings is 1. The molecule has 1 nitrogen and oxygen atoms in total. The molecule has 2 rings (SSSR count). The van der Waals surface area contributed by atoms with Gasteiger partial charge in [0.15, 0.2) is 0 Å². The lowest BCUT2D eigenvalue weighted by Gasteiger charge is -2.06. The summed E-state index contributed by atoms with van der Waals surface area (Å²) >= 11 is 0. The SMILES string of the molecule is Cc1ccccc1OC1C[C@@H]1C. The highest BCUT2D eigenvalue weighted by molar-refractivity contribution is 5.32. The molecule has 1 aliphatic rings. The summed E-state index contributed by atoms with van der Waals surface area (Å²) in [4.78, 5) is 0. The van der Waals surface area contributed by atoms with Crippen molar-refractivity contribution in [1.29, 1.82) is 0 Å². The predicted octanol–water partition coefficient (Wildman–Crippen LogP) is 2.78. The van der Waals surface area contributed by atoms with Crippen LogP contribution in [0.3, 0.4) is 0 Å². The summed E-state index contributed by atoms with van der Waals surface area (Å²) in [6.07, 6.45) is 1.69. The number of para-hydroxylation sites is 1. The Labute approximate surface area is 73.4 Å². The molecule has 1 aromatic rings. The second-order valence-electron chi connectivity index (χ2n) is 3.63. The minimum Gasteiger partial charge on any atom is -0.490 e. The average Bonchev–Trinajstić information content (AvgIpc) is 2.72. The third-order valence-electron chi connectivity index (χ3n) is 2.41. The highest BCUT2D eigenvalue weighted by Gasteiger charge is 2.35. The van der Waals surface area contributed by atoms with Crippen molar-refractivity contribution in [2.75, 3.05) is 0 Å². The maximum Gasteiger partial charge on any atom is 0.122 e. The Kier molecular flexibility index (Phi) is 1.80. The lowest BCUT2D eigenvalue weighted by Crippen LogP contribution is -1.99. The van der Waals surface area contributed by atoms with Crippen molar-refractivity contribution in [3.05, 3.63) is 29.8 Å². The van der Waals surface area contributed by atoms with E-state index in [4.69, 9.17) is 4.74 Å². The molecule has 1 unspecified atom stereocenters. The van der Waals surface area contributed by atoms with Crippen LogP contribution in [-0.4, -0.2) is 6.10 Å². The first-order valence-corrected chi connectivity index (χ1v) is 4.49. The Morgan fingerprint density at radius 1 is 1.33 bits per heavy atom. The summed E-state index contributed by atoms with van der Waals surface area (Å²) in [7, 11) is 0. The maximum atomic E-state index is 5.77. The van der Waals surface area contributed by atoms with Gasteiger partial charge in [-0.3, -0.25) is 0 Å². The average molecular weight is 162 g/mol. The van der Waals surface area contributed by atoms with E-state index in [1.54, 1.807) is 0 Å². The molecule has 12 heavy (non-hydrogen) atoms. The van der Waals surface area contributed by atoms with Crippen LogP contribution in [0.5, 0.6) is 5.75 Å². The van der Waals surface area contributed by atoms with Crippen LogP contribution in [0.2, 0.25) is 0 Å². The lowest BCUT2D eigenvalue weighted by atomic mass is 10.2. The zero-order valence-electron chi connectivity index (χ0n) is 7.58. The van der Waals surface area contributed by atoms with Crippen molar-refractivity contribution >= 4 is 0 Å². The van der Waals surface area contributed by atoms with Crippen LogP contribution in [0.25, 0.3) is 0 Å². The molecule has 0 heterocycles. The van der Waals surface area contributed by atoms with Crippen LogP contribution in [0.4, 0.5) is 0 Å². The summed E-state index contributed by atoms with van der Waals surface area (Å²) in [5.41, 5.74) is 1.23. The molecular weight excluding hydrogens is 148 g/mol. The van der Waals surface area contributed by atoms with E-state index in [9.17, 15) is 0 Å². The molecule has 0 spiro atoms. The maximum absolute atomic E-state index is 5.77. The van der Waals surface area contributed by atoms with Gasteiger partial charge >= 0.3 is 0 Å². The number of aryl methyl sites for hydroxylation is 1. The highest BCUT2D eigenvalue weighted by atomic mass is 16.5. The van der Waals surface area contributed by atoms with Crippen molar-refractivity contribution in [2.24, 2.45) is 5.92 Å². The van der Waals surface area contributed by atoms with Gasteiger partial charge in [0.25, 0.3) is 0 Å². The molecular formula is C11H14O. The molecule has 0 radical (unpaired) electrons. The molecule has 0 N–H and O–H groups in total. The van der Waals surface area contributed by atoms with E-state index in [-0.39, 0.29) is 0 Å². The van der Waals surface area contributed by atoms with E-state index in [1.807, 2.05) is 18.2 Å². The van der Waals surface area contributed by atoms with E-state index in [0.29, 0.717) is 6.10 Å². The second-order valence-corrected chi connectivity index (χ2v) is 3.63. The van der Waals surface area contributed by atoms with Crippen molar-refractivity contribution in [3.8, 4) is 5.75 Å². The first-order valence-electron chi connectivity index (χ1n) is 4.49. The molecule has 1 aliphatic carbocycles. The van der Waals surface area contributed by atoms with E-state index in [1.165, 1.54) is 12.0 Å². The highest BCUT2D eigenvalue weighted by Crippen LogP contribution is 2.34. The zero-order chi connectivity index (χ0) is 8.55. The third kappa shape index (κ3) is 1.45. The molecule has 1 heteroatoms. The fourth-order valence-corrected chi connectivity index (χ4v) is 1.30. The van der Waals surface area contributed by atoms with E-state index < -0.39 is 0 Å². The van der Waals surface area contributed by atoms with Gasteiger partial charge in [0, 0.05) is 0 Å². The number of ether oxygens (including phenoxy) is 1. The quantitative estimate of drug-likeness (QED) is 0.649. The Hall–Kier alpha value is -0.980. The van der Waals surface area contributed by atoms with Crippen LogP contribution >= 0.6 is 0 Å². The number of hydrogen-bond donors (Lipinski definition) is 0. The monoisotopic (exact) mass is 162 g/mol. The minimum atomic E-state index is 0.478. The largest absolute Gasteiger partial charge is 0.490 e. The lowest BCUT2D eigenvalue weighted by molar-refractivity contribution is 0.286. The van der Waals surface area contributed by atoms with Gasteiger partial charge in [-0.05, 0) is 30.9 Å². The predicted molar refractivity (Wildman–Crippen MR) is 49.4 cm³/mol. The smallest absolute Gasteiger partial charge is 0.122 e. The van der Waals surface area contributed by atoms with Gasteiger partial charge in [-0.2, -0.15) is 0 Å². The second kappa shape index (κ2) is 2.81. The van der Waals surface area contributed by atoms with Crippen molar-refractivity contribution in [2.45, 2.75) is 26.4 Å². The van der Waals surface area contributed by atoms with Crippen molar-refractivity contribution in [3.63, 3.8) is 0 Å². The first kappa shape index (κ1) is 7.66. The molecule has 1 aromatic carbocycles. The Balaban J connectivity index is 2.08. The van der Waals surface area contributed by atoms with Crippen LogP contribution in [-0.2, 0) is 0 Å². The fourth-order valence-electron chi connectivity index (χ4n) is 1.30. The van der Waals surface area contributed by atoms with E-state index in [2.05, 4.69) is 19.9 Å². The number of rotatable bonds is 2. The Morgan fingerprint density at radius 3 is 2.58 bits per heavy atom. The zero-order valence-corrected chi connectivity index (χ0v) is 7.58. The van der Waals surface area contributed by atoms with Crippen molar-refractivity contribution in [1.82, 2.24) is 0 Å². The minimum absolute atomic E-state index is 0.478. The Morgan fingerprint density at radius 2 is 2.00 bits per heavy atom. The molecule has 2 atom stereocenters. The summed E-state index contributed by atoms with van der Waals surface area (Å²) in [5.74, 6) is 1.80. The molecule has 0 aliphatic heterocycles. The van der Waals surface area contributed by atoms with E-state index in [0.717, 1.165) is 11.7 Å². The van der Waals surface area contributed by atoms with Crippen molar-refractivity contribution < 1.29 is 4.74 Å². The van der Waals surface area contributed by atoms with Crippen LogP contribution in [0.15, 0.2) is 24.3 Å². The molecule has 0 bridgehead atoms. The molecule has 1 saturated carbocycles. The topological polar surface area (TPSA) is 9.23 Å². The normalized spacial score (nSPS) is 26.8. The standard InChI is InChI=1S/C11H14O/c1-8-5-3-4-6-10(8)12-11-7-9(11)2/h3-6,9,11H,7H2,1-2H3/t9-,11?/m0/s1. The van der Waals surface area contributed by atoms with Gasteiger partial charge in [-0.1, -0.05) is 25.1 Å². The molecule has 64 valence electrons. The molecule has 1 fully saturated rings. The first-order chi connectivity index (χ1) is 5.77. The molecule has 0 aromatic heterocycles. The Bertz CT molecular complexity index is 280. The molecule has 0 amide bonds. The van der Waals surface area contributed by atoms with Gasteiger partial charge in [0.1, 0.15) is 11.9 Å². The number of hydrogen-bond acceptors (Lipinski definition) is 1. The van der Waals surface area contributed by atoms with Crippen LogP contribution in [0.1, 0.15) is 18.9 Å². The van der Waals surface area contributed by atoms with Gasteiger partial charge in [0.2, 0.25) is 0 Å². The van der Waals surface area contributed by atoms with Gasteiger partial charge < -0.3 is 4.74 Å². The van der Waals surface area contributed by atoms with E-state index >= 15 is 0 Å². The van der Waals surface area contributed by atoms with Gasteiger partial charge in [0.05, 0.1) is 0 Å². The summed E-state index contributed by atoms with van der Waals surface area (Å²) < 4.78 is 5.77. The summed E-state index contributed by atoms with van der Waals surface area (Å²) in [5, 5.41) is 0. The fraction of sp³-hybridized carbons (Fsp3) is 0.455. The summed E-state index contributed by atoms with van der Waals surface area (Å²) in [6.45, 7) is 4.31. The molecule has 0 saturated heterocycles. The van der Waals surface area contributed by atoms with Gasteiger partial charge in [-0.25, -0.2) is 0 Å².